The van der Waals surface area contributed by atoms with Crippen LogP contribution in [0.4, 0.5) is 0 Å². The maximum absolute atomic E-state index is 11.9. The first-order valence-electron chi connectivity index (χ1n) is 5.92. The summed E-state index contributed by atoms with van der Waals surface area (Å²) < 4.78 is 11.5. The summed E-state index contributed by atoms with van der Waals surface area (Å²) in [4.78, 5) is 11.9. The molecule has 96 valence electrons. The van der Waals surface area contributed by atoms with Crippen molar-refractivity contribution in [1.82, 2.24) is 9.78 Å². The van der Waals surface area contributed by atoms with Crippen molar-refractivity contribution in [1.29, 1.82) is 0 Å². The molecular weight excluding hydrogens is 220 g/mol. The van der Waals surface area contributed by atoms with E-state index in [0.717, 1.165) is 12.8 Å². The second-order valence-corrected chi connectivity index (χ2v) is 3.84. The van der Waals surface area contributed by atoms with E-state index in [4.69, 9.17) is 9.47 Å². The number of methoxy groups -OCH3 is 2. The van der Waals surface area contributed by atoms with Crippen molar-refractivity contribution < 1.29 is 9.47 Å². The highest BCUT2D eigenvalue weighted by Crippen LogP contribution is 2.19. The Morgan fingerprint density at radius 3 is 2.59 bits per heavy atom. The molecule has 0 saturated carbocycles. The van der Waals surface area contributed by atoms with Gasteiger partial charge in [-0.3, -0.25) is 4.79 Å². The summed E-state index contributed by atoms with van der Waals surface area (Å²) in [5, 5.41) is 4.05. The third kappa shape index (κ3) is 3.47. The van der Waals surface area contributed by atoms with Crippen molar-refractivity contribution >= 4 is 0 Å². The monoisotopic (exact) mass is 240 g/mol. The highest BCUT2D eigenvalue weighted by Gasteiger charge is 2.11. The minimum absolute atomic E-state index is 0.220. The molecule has 1 heterocycles. The lowest BCUT2D eigenvalue weighted by Gasteiger charge is -2.09. The number of hydrogen-bond donors (Lipinski definition) is 0. The van der Waals surface area contributed by atoms with Crippen molar-refractivity contribution in [3.63, 3.8) is 0 Å². The zero-order valence-corrected chi connectivity index (χ0v) is 10.7. The molecule has 0 aliphatic rings. The highest BCUT2D eigenvalue weighted by molar-refractivity contribution is 5.34. The summed E-state index contributed by atoms with van der Waals surface area (Å²) >= 11 is 0. The van der Waals surface area contributed by atoms with E-state index in [0.29, 0.717) is 12.3 Å². The molecule has 17 heavy (non-hydrogen) atoms. The molecule has 0 amide bonds. The molecule has 0 fully saturated rings. The Bertz CT molecular complexity index is 401. The van der Waals surface area contributed by atoms with Gasteiger partial charge in [0.1, 0.15) is 0 Å². The number of aryl methyl sites for hydroxylation is 1. The number of ether oxygens (including phenoxy) is 2. The van der Waals surface area contributed by atoms with Crippen molar-refractivity contribution in [3.8, 4) is 11.5 Å². The smallest absolute Gasteiger partial charge is 0.313 e. The van der Waals surface area contributed by atoms with E-state index in [9.17, 15) is 4.79 Å². The van der Waals surface area contributed by atoms with Crippen molar-refractivity contribution in [2.75, 3.05) is 14.2 Å². The number of hydrogen-bond acceptors (Lipinski definition) is 4. The van der Waals surface area contributed by atoms with Crippen LogP contribution in [-0.2, 0) is 6.54 Å². The van der Waals surface area contributed by atoms with E-state index in [2.05, 4.69) is 12.0 Å². The Balaban J connectivity index is 2.77. The van der Waals surface area contributed by atoms with Gasteiger partial charge in [-0.15, -0.1) is 0 Å². The molecular formula is C12H20N2O3. The molecule has 0 saturated heterocycles. The van der Waals surface area contributed by atoms with Crippen molar-refractivity contribution in [3.05, 3.63) is 16.6 Å². The minimum Gasteiger partial charge on any atom is -0.491 e. The third-order valence-corrected chi connectivity index (χ3v) is 2.61. The van der Waals surface area contributed by atoms with Gasteiger partial charge in [0, 0.05) is 6.54 Å². The van der Waals surface area contributed by atoms with Crippen molar-refractivity contribution in [2.45, 2.75) is 39.2 Å². The predicted octanol–water partition coefficient (Wildman–Crippen LogP) is 1.84. The summed E-state index contributed by atoms with van der Waals surface area (Å²) in [7, 11) is 2.95. The summed E-state index contributed by atoms with van der Waals surface area (Å²) in [6, 6.07) is 0. The van der Waals surface area contributed by atoms with E-state index in [1.807, 2.05) is 0 Å². The number of aromatic nitrogens is 2. The van der Waals surface area contributed by atoms with E-state index < -0.39 is 0 Å². The van der Waals surface area contributed by atoms with E-state index in [1.54, 1.807) is 0 Å². The van der Waals surface area contributed by atoms with Crippen LogP contribution >= 0.6 is 0 Å². The van der Waals surface area contributed by atoms with Crippen LogP contribution in [0.25, 0.3) is 0 Å². The molecule has 0 N–H and O–H groups in total. The molecule has 0 unspecified atom stereocenters. The summed E-state index contributed by atoms with van der Waals surface area (Å²) in [6.45, 7) is 2.78. The first-order valence-corrected chi connectivity index (χ1v) is 5.92. The maximum Gasteiger partial charge on any atom is 0.313 e. The van der Waals surface area contributed by atoms with Gasteiger partial charge in [0.05, 0.1) is 20.4 Å². The fourth-order valence-electron chi connectivity index (χ4n) is 1.64. The van der Waals surface area contributed by atoms with Crippen LogP contribution in [0.5, 0.6) is 11.5 Å². The average Bonchev–Trinajstić information content (AvgIpc) is 2.35. The molecule has 1 aromatic rings. The number of unbranched alkanes of at least 4 members (excludes halogenated alkanes) is 3. The van der Waals surface area contributed by atoms with Gasteiger partial charge in [-0.05, 0) is 6.42 Å². The van der Waals surface area contributed by atoms with Crippen LogP contribution in [0.1, 0.15) is 32.6 Å². The second-order valence-electron chi connectivity index (χ2n) is 3.84. The average molecular weight is 240 g/mol. The maximum atomic E-state index is 11.9. The fraction of sp³-hybridized carbons (Fsp3) is 0.667. The quantitative estimate of drug-likeness (QED) is 0.682. The summed E-state index contributed by atoms with van der Waals surface area (Å²) in [5.74, 6) is 0.597. The van der Waals surface area contributed by atoms with Gasteiger partial charge in [0.2, 0.25) is 5.75 Å². The molecule has 1 aromatic heterocycles. The molecule has 0 bridgehead atoms. The summed E-state index contributed by atoms with van der Waals surface area (Å²) in [6.07, 6.45) is 5.94. The molecule has 1 rings (SSSR count). The van der Waals surface area contributed by atoms with Crippen LogP contribution in [0.2, 0.25) is 0 Å². The normalized spacial score (nSPS) is 10.3. The van der Waals surface area contributed by atoms with Gasteiger partial charge in [0.25, 0.3) is 0 Å². The van der Waals surface area contributed by atoms with Crippen LogP contribution in [0.15, 0.2) is 11.0 Å². The summed E-state index contributed by atoms with van der Waals surface area (Å²) in [5.41, 5.74) is -0.233. The molecule has 0 spiro atoms. The van der Waals surface area contributed by atoms with Crippen LogP contribution < -0.4 is 15.0 Å². The lowest BCUT2D eigenvalue weighted by molar-refractivity contribution is 0.338. The third-order valence-electron chi connectivity index (χ3n) is 2.61. The van der Waals surface area contributed by atoms with E-state index in [1.165, 1.54) is 37.9 Å². The lowest BCUT2D eigenvalue weighted by atomic mass is 10.2. The van der Waals surface area contributed by atoms with Gasteiger partial charge in [0.15, 0.2) is 5.75 Å². The Hall–Kier alpha value is -1.52. The molecule has 5 nitrogen and oxygen atoms in total. The van der Waals surface area contributed by atoms with Gasteiger partial charge >= 0.3 is 5.56 Å². The second kappa shape index (κ2) is 6.93. The Kier molecular flexibility index (Phi) is 5.52. The van der Waals surface area contributed by atoms with E-state index >= 15 is 0 Å². The predicted molar refractivity (Wildman–Crippen MR) is 65.7 cm³/mol. The van der Waals surface area contributed by atoms with Crippen LogP contribution in [0, 0.1) is 0 Å². The van der Waals surface area contributed by atoms with Gasteiger partial charge in [-0.25, -0.2) is 4.68 Å². The first-order chi connectivity index (χ1) is 8.24. The molecule has 5 heteroatoms. The van der Waals surface area contributed by atoms with Gasteiger partial charge in [-0.2, -0.15) is 5.10 Å². The first kappa shape index (κ1) is 13.5. The van der Waals surface area contributed by atoms with Crippen LogP contribution in [0.3, 0.4) is 0 Å². The standard InChI is InChI=1S/C12H20N2O3/c1-4-5-6-7-8-14-12(15)11(17-3)10(16-2)9-13-14/h9H,4-8H2,1-3H3. The van der Waals surface area contributed by atoms with Gasteiger partial charge < -0.3 is 9.47 Å². The van der Waals surface area contributed by atoms with Crippen molar-refractivity contribution in [2.24, 2.45) is 0 Å². The zero-order chi connectivity index (χ0) is 12.7. The Labute approximate surface area is 101 Å². The van der Waals surface area contributed by atoms with Gasteiger partial charge in [-0.1, -0.05) is 26.2 Å². The SMILES string of the molecule is CCCCCCn1ncc(OC)c(OC)c1=O. The van der Waals surface area contributed by atoms with Crippen LogP contribution in [-0.4, -0.2) is 24.0 Å². The minimum atomic E-state index is -0.233. The molecule has 0 aliphatic heterocycles. The molecule has 0 atom stereocenters. The Morgan fingerprint density at radius 1 is 1.24 bits per heavy atom. The number of rotatable bonds is 7. The molecule has 0 radical (unpaired) electrons. The molecule has 0 aromatic carbocycles. The zero-order valence-electron chi connectivity index (χ0n) is 10.7. The van der Waals surface area contributed by atoms with E-state index in [-0.39, 0.29) is 11.3 Å². The number of nitrogens with zero attached hydrogens (tertiary/aromatic N) is 2. The largest absolute Gasteiger partial charge is 0.491 e. The fourth-order valence-corrected chi connectivity index (χ4v) is 1.64. The highest BCUT2D eigenvalue weighted by atomic mass is 16.5. The lowest BCUT2D eigenvalue weighted by Crippen LogP contribution is -2.24. The Morgan fingerprint density at radius 2 is 2.00 bits per heavy atom. The molecule has 0 aliphatic carbocycles. The topological polar surface area (TPSA) is 53.4 Å².